The molecule has 1 atom stereocenters. The van der Waals surface area contributed by atoms with E-state index in [0.29, 0.717) is 34.6 Å². The molecule has 4 nitrogen and oxygen atoms in total. The van der Waals surface area contributed by atoms with Gasteiger partial charge in [0.25, 0.3) is 0 Å². The number of benzene rings is 2. The fraction of sp³-hybridized carbons (Fsp3) is 0.333. The quantitative estimate of drug-likeness (QED) is 0.592. The number of hydrogen-bond acceptors (Lipinski definition) is 3. The molecule has 0 bridgehead atoms. The van der Waals surface area contributed by atoms with Crippen LogP contribution in [0.2, 0.25) is 15.1 Å². The summed E-state index contributed by atoms with van der Waals surface area (Å²) in [5.74, 6) is 0.308. The maximum atomic E-state index is 12.8. The fourth-order valence-electron chi connectivity index (χ4n) is 3.29. The monoisotopic (exact) mass is 436 g/mol. The van der Waals surface area contributed by atoms with Gasteiger partial charge < -0.3 is 9.74 Å². The summed E-state index contributed by atoms with van der Waals surface area (Å²) in [7, 11) is 0. The second kappa shape index (κ2) is 8.32. The van der Waals surface area contributed by atoms with Crippen molar-refractivity contribution in [1.82, 2.24) is 4.90 Å². The SMILES string of the molecule is O=C(C1CC1)N(Cc1cccc(Cl)c1)C[C@H]1CC(c2ccc(Cl)c(Cl)c2)=NO1. The zero-order chi connectivity index (χ0) is 19.7. The second-order valence-electron chi connectivity index (χ2n) is 7.22. The lowest BCUT2D eigenvalue weighted by molar-refractivity contribution is -0.135. The van der Waals surface area contributed by atoms with Crippen molar-refractivity contribution in [2.75, 3.05) is 6.54 Å². The van der Waals surface area contributed by atoms with Gasteiger partial charge in [-0.3, -0.25) is 4.79 Å². The van der Waals surface area contributed by atoms with Crippen LogP contribution in [0.3, 0.4) is 0 Å². The Kier molecular flexibility index (Phi) is 5.81. The van der Waals surface area contributed by atoms with Crippen molar-refractivity contribution in [3.8, 4) is 0 Å². The average Bonchev–Trinajstić information content (AvgIpc) is 3.42. The smallest absolute Gasteiger partial charge is 0.226 e. The van der Waals surface area contributed by atoms with Crippen LogP contribution >= 0.6 is 34.8 Å². The minimum Gasteiger partial charge on any atom is -0.390 e. The molecule has 1 aliphatic carbocycles. The summed E-state index contributed by atoms with van der Waals surface area (Å²) in [6, 6.07) is 13.0. The summed E-state index contributed by atoms with van der Waals surface area (Å²) in [5.41, 5.74) is 2.70. The molecule has 0 radical (unpaired) electrons. The molecule has 0 N–H and O–H groups in total. The Labute approximate surface area is 179 Å². The standard InChI is InChI=1S/C21H19Cl3N2O2/c22-16-3-1-2-13(8-16)11-26(21(27)14-4-5-14)12-17-10-20(25-28-17)15-6-7-18(23)19(24)9-15/h1-3,6-9,14,17H,4-5,10-12H2/t17-/m1/s1. The highest BCUT2D eigenvalue weighted by molar-refractivity contribution is 6.42. The molecule has 2 aromatic rings. The van der Waals surface area contributed by atoms with E-state index in [4.69, 9.17) is 39.6 Å². The van der Waals surface area contributed by atoms with Crippen molar-refractivity contribution in [1.29, 1.82) is 0 Å². The van der Waals surface area contributed by atoms with Gasteiger partial charge in [-0.05, 0) is 42.7 Å². The van der Waals surface area contributed by atoms with E-state index in [1.54, 1.807) is 12.1 Å². The number of oxime groups is 1. The molecule has 1 heterocycles. The summed E-state index contributed by atoms with van der Waals surface area (Å²) in [6.07, 6.45) is 2.34. The molecule has 2 aromatic carbocycles. The van der Waals surface area contributed by atoms with Crippen molar-refractivity contribution in [3.63, 3.8) is 0 Å². The largest absolute Gasteiger partial charge is 0.390 e. The molecule has 0 spiro atoms. The van der Waals surface area contributed by atoms with E-state index < -0.39 is 0 Å². The summed E-state index contributed by atoms with van der Waals surface area (Å²) in [4.78, 5) is 20.3. The van der Waals surface area contributed by atoms with Crippen LogP contribution < -0.4 is 0 Å². The molecule has 0 saturated heterocycles. The number of hydrogen-bond donors (Lipinski definition) is 0. The summed E-state index contributed by atoms with van der Waals surface area (Å²) < 4.78 is 0. The Morgan fingerprint density at radius 1 is 1.11 bits per heavy atom. The van der Waals surface area contributed by atoms with E-state index in [2.05, 4.69) is 5.16 Å². The van der Waals surface area contributed by atoms with Crippen LogP contribution in [0, 0.1) is 5.92 Å². The summed E-state index contributed by atoms with van der Waals surface area (Å²) in [5, 5.41) is 5.86. The molecule has 146 valence electrons. The fourth-order valence-corrected chi connectivity index (χ4v) is 3.81. The molecule has 28 heavy (non-hydrogen) atoms. The van der Waals surface area contributed by atoms with Crippen LogP contribution in [0.4, 0.5) is 0 Å². The van der Waals surface area contributed by atoms with Gasteiger partial charge in [-0.2, -0.15) is 0 Å². The average molecular weight is 438 g/mol. The van der Waals surface area contributed by atoms with Crippen molar-refractivity contribution >= 4 is 46.4 Å². The van der Waals surface area contributed by atoms with Crippen LogP contribution in [0.5, 0.6) is 0 Å². The van der Waals surface area contributed by atoms with E-state index in [1.807, 2.05) is 35.2 Å². The molecular formula is C21H19Cl3N2O2. The van der Waals surface area contributed by atoms with Crippen LogP contribution in [-0.2, 0) is 16.2 Å². The molecule has 4 rings (SSSR count). The number of halogens is 3. The second-order valence-corrected chi connectivity index (χ2v) is 8.47. The molecule has 0 unspecified atom stereocenters. The number of nitrogens with zero attached hydrogens (tertiary/aromatic N) is 2. The topological polar surface area (TPSA) is 41.9 Å². The maximum Gasteiger partial charge on any atom is 0.226 e. The zero-order valence-corrected chi connectivity index (χ0v) is 17.3. The Morgan fingerprint density at radius 2 is 1.93 bits per heavy atom. The summed E-state index contributed by atoms with van der Waals surface area (Å²) in [6.45, 7) is 0.994. The first-order valence-corrected chi connectivity index (χ1v) is 10.3. The third kappa shape index (κ3) is 4.62. The Balaban J connectivity index is 1.44. The van der Waals surface area contributed by atoms with Gasteiger partial charge in [0, 0.05) is 29.5 Å². The summed E-state index contributed by atoms with van der Waals surface area (Å²) >= 11 is 18.2. The highest BCUT2D eigenvalue weighted by atomic mass is 35.5. The number of carbonyl (C=O) groups excluding carboxylic acids is 1. The highest BCUT2D eigenvalue weighted by Gasteiger charge is 2.35. The van der Waals surface area contributed by atoms with Crippen molar-refractivity contribution in [3.05, 3.63) is 68.7 Å². The molecule has 1 fully saturated rings. The van der Waals surface area contributed by atoms with Gasteiger partial charge in [-0.25, -0.2) is 0 Å². The minimum atomic E-state index is -0.189. The van der Waals surface area contributed by atoms with Crippen molar-refractivity contribution in [2.24, 2.45) is 11.1 Å². The van der Waals surface area contributed by atoms with Crippen molar-refractivity contribution in [2.45, 2.75) is 31.9 Å². The molecule has 7 heteroatoms. The molecule has 1 saturated carbocycles. The maximum absolute atomic E-state index is 12.8. The van der Waals surface area contributed by atoms with E-state index in [0.717, 1.165) is 29.7 Å². The minimum absolute atomic E-state index is 0.135. The van der Waals surface area contributed by atoms with E-state index >= 15 is 0 Å². The Hall–Kier alpha value is -1.75. The van der Waals surface area contributed by atoms with Crippen molar-refractivity contribution < 1.29 is 9.63 Å². The van der Waals surface area contributed by atoms with E-state index in [1.165, 1.54) is 0 Å². The van der Waals surface area contributed by atoms with Gasteiger partial charge >= 0.3 is 0 Å². The number of carbonyl (C=O) groups is 1. The zero-order valence-electron chi connectivity index (χ0n) is 15.1. The van der Waals surface area contributed by atoms with Crippen LogP contribution in [0.25, 0.3) is 0 Å². The predicted molar refractivity (Wildman–Crippen MR) is 112 cm³/mol. The molecular weight excluding hydrogens is 419 g/mol. The van der Waals surface area contributed by atoms with Gasteiger partial charge in [-0.1, -0.05) is 58.2 Å². The molecule has 1 aliphatic heterocycles. The third-order valence-corrected chi connectivity index (χ3v) is 5.88. The first-order valence-electron chi connectivity index (χ1n) is 9.21. The van der Waals surface area contributed by atoms with E-state index in [-0.39, 0.29) is 17.9 Å². The van der Waals surface area contributed by atoms with Crippen LogP contribution in [0.15, 0.2) is 47.6 Å². The van der Waals surface area contributed by atoms with E-state index in [9.17, 15) is 4.79 Å². The van der Waals surface area contributed by atoms with Gasteiger partial charge in [0.2, 0.25) is 5.91 Å². The van der Waals surface area contributed by atoms with Gasteiger partial charge in [0.1, 0.15) is 0 Å². The number of rotatable bonds is 6. The normalized spacial score (nSPS) is 18.5. The lowest BCUT2D eigenvalue weighted by Gasteiger charge is -2.25. The lowest BCUT2D eigenvalue weighted by Crippen LogP contribution is -2.38. The predicted octanol–water partition coefficient (Wildman–Crippen LogP) is 5.58. The first-order chi connectivity index (χ1) is 13.5. The third-order valence-electron chi connectivity index (χ3n) is 4.91. The van der Waals surface area contributed by atoms with Crippen LogP contribution in [-0.4, -0.2) is 29.2 Å². The van der Waals surface area contributed by atoms with Gasteiger partial charge in [0.15, 0.2) is 6.10 Å². The lowest BCUT2D eigenvalue weighted by atomic mass is 10.0. The van der Waals surface area contributed by atoms with Gasteiger partial charge in [0.05, 0.1) is 22.3 Å². The Bertz CT molecular complexity index is 928. The highest BCUT2D eigenvalue weighted by Crippen LogP contribution is 2.32. The van der Waals surface area contributed by atoms with Gasteiger partial charge in [-0.15, -0.1) is 0 Å². The van der Waals surface area contributed by atoms with Crippen LogP contribution in [0.1, 0.15) is 30.4 Å². The first kappa shape index (κ1) is 19.6. The number of amides is 1. The molecule has 2 aliphatic rings. The molecule has 1 amide bonds. The Morgan fingerprint density at radius 3 is 2.64 bits per heavy atom. The molecule has 0 aromatic heterocycles.